The van der Waals surface area contributed by atoms with Gasteiger partial charge in [0.05, 0.1) is 12.2 Å². The van der Waals surface area contributed by atoms with E-state index in [1.807, 2.05) is 0 Å². The Morgan fingerprint density at radius 2 is 2.11 bits per heavy atom. The van der Waals surface area contributed by atoms with Crippen LogP contribution in [0.5, 0.6) is 0 Å². The first kappa shape index (κ1) is 14.2. The molecule has 0 bridgehead atoms. The first-order valence-electron chi connectivity index (χ1n) is 5.60. The molecule has 1 rings (SSSR count). The van der Waals surface area contributed by atoms with E-state index in [4.69, 9.17) is 10.8 Å². The summed E-state index contributed by atoms with van der Waals surface area (Å²) >= 11 is 0. The summed E-state index contributed by atoms with van der Waals surface area (Å²) in [6.45, 7) is 3.59. The molecule has 0 aliphatic carbocycles. The summed E-state index contributed by atoms with van der Waals surface area (Å²) in [7, 11) is 1.67. The maximum atomic E-state index is 11.8. The van der Waals surface area contributed by atoms with E-state index in [1.165, 1.54) is 10.9 Å². The highest BCUT2D eigenvalue weighted by atomic mass is 16.4. The van der Waals surface area contributed by atoms with E-state index in [1.54, 1.807) is 27.1 Å². The Bertz CT molecular complexity index is 441. The summed E-state index contributed by atoms with van der Waals surface area (Å²) < 4.78 is 1.47. The molecular weight excluding hydrogens is 236 g/mol. The molecule has 1 amide bonds. The number of nitrogens with two attached hydrogens (primary N) is 1. The molecule has 100 valence electrons. The smallest absolute Gasteiger partial charge is 0.331 e. The van der Waals surface area contributed by atoms with Crippen LogP contribution < -0.4 is 11.1 Å². The summed E-state index contributed by atoms with van der Waals surface area (Å²) in [6, 6.07) is -1.86. The van der Waals surface area contributed by atoms with Crippen molar-refractivity contribution >= 4 is 11.9 Å². The quantitative estimate of drug-likeness (QED) is 0.665. The van der Waals surface area contributed by atoms with Gasteiger partial charge in [-0.3, -0.25) is 9.48 Å². The van der Waals surface area contributed by atoms with Crippen molar-refractivity contribution in [3.05, 3.63) is 18.0 Å². The van der Waals surface area contributed by atoms with Gasteiger partial charge in [-0.1, -0.05) is 13.8 Å². The number of carbonyl (C=O) groups excluding carboxylic acids is 1. The number of aromatic nitrogens is 2. The highest BCUT2D eigenvalue weighted by Gasteiger charge is 2.26. The number of hydrogen-bond acceptors (Lipinski definition) is 4. The molecule has 18 heavy (non-hydrogen) atoms. The van der Waals surface area contributed by atoms with Gasteiger partial charge in [0.25, 0.3) is 0 Å². The Morgan fingerprint density at radius 1 is 1.50 bits per heavy atom. The predicted molar refractivity (Wildman–Crippen MR) is 64.5 cm³/mol. The SMILES string of the molecule is CC(C)[C@H](N)C(=O)NC(C(=O)O)c1cnn(C)c1. The number of amides is 1. The van der Waals surface area contributed by atoms with Crippen molar-refractivity contribution in [1.29, 1.82) is 0 Å². The van der Waals surface area contributed by atoms with E-state index in [9.17, 15) is 9.59 Å². The maximum absolute atomic E-state index is 11.8. The zero-order valence-electron chi connectivity index (χ0n) is 10.6. The number of carboxylic acids is 1. The molecule has 0 spiro atoms. The third-order valence-electron chi connectivity index (χ3n) is 2.61. The van der Waals surface area contributed by atoms with E-state index < -0.39 is 24.0 Å². The second-order valence-corrected chi connectivity index (χ2v) is 4.50. The third-order valence-corrected chi connectivity index (χ3v) is 2.61. The normalized spacial score (nSPS) is 14.3. The second-order valence-electron chi connectivity index (χ2n) is 4.50. The molecule has 1 aromatic heterocycles. The zero-order chi connectivity index (χ0) is 13.9. The topological polar surface area (TPSA) is 110 Å². The Labute approximate surface area is 105 Å². The van der Waals surface area contributed by atoms with Crippen LogP contribution in [0.15, 0.2) is 12.4 Å². The van der Waals surface area contributed by atoms with Crippen LogP contribution in [-0.4, -0.2) is 32.8 Å². The van der Waals surface area contributed by atoms with E-state index >= 15 is 0 Å². The monoisotopic (exact) mass is 254 g/mol. The Morgan fingerprint density at radius 3 is 2.50 bits per heavy atom. The van der Waals surface area contributed by atoms with Crippen LogP contribution in [-0.2, 0) is 16.6 Å². The van der Waals surface area contributed by atoms with Gasteiger partial charge in [-0.2, -0.15) is 5.10 Å². The first-order chi connectivity index (χ1) is 8.32. The van der Waals surface area contributed by atoms with Crippen LogP contribution in [0.2, 0.25) is 0 Å². The lowest BCUT2D eigenvalue weighted by molar-refractivity contribution is -0.142. The van der Waals surface area contributed by atoms with Crippen LogP contribution in [0.3, 0.4) is 0 Å². The molecule has 7 heteroatoms. The number of aliphatic carboxylic acids is 1. The molecule has 0 aliphatic rings. The third kappa shape index (κ3) is 3.30. The fourth-order valence-electron chi connectivity index (χ4n) is 1.42. The fraction of sp³-hybridized carbons (Fsp3) is 0.545. The van der Waals surface area contributed by atoms with Gasteiger partial charge in [0.1, 0.15) is 0 Å². The number of nitrogens with one attached hydrogen (secondary N) is 1. The Kier molecular flexibility index (Phi) is 4.43. The molecule has 0 fully saturated rings. The molecule has 0 saturated carbocycles. The molecule has 0 saturated heterocycles. The molecule has 4 N–H and O–H groups in total. The molecule has 1 unspecified atom stereocenters. The maximum Gasteiger partial charge on any atom is 0.331 e. The predicted octanol–water partition coefficient (Wildman–Crippen LogP) is -0.355. The standard InChI is InChI=1S/C11H18N4O3/c1-6(2)8(12)10(16)14-9(11(17)18)7-4-13-15(3)5-7/h4-6,8-9H,12H2,1-3H3,(H,14,16)(H,17,18)/t8-,9?/m0/s1. The molecule has 0 radical (unpaired) electrons. The summed E-state index contributed by atoms with van der Waals surface area (Å²) in [4.78, 5) is 22.9. The van der Waals surface area contributed by atoms with Crippen LogP contribution >= 0.6 is 0 Å². The van der Waals surface area contributed by atoms with Crippen molar-refractivity contribution in [1.82, 2.24) is 15.1 Å². The minimum atomic E-state index is -1.15. The van der Waals surface area contributed by atoms with Crippen LogP contribution in [0, 0.1) is 5.92 Å². The van der Waals surface area contributed by atoms with Gasteiger partial charge in [-0.05, 0) is 5.92 Å². The molecular formula is C11H18N4O3. The minimum absolute atomic E-state index is 0.0617. The molecule has 0 aromatic carbocycles. The van der Waals surface area contributed by atoms with Crippen LogP contribution in [0.4, 0.5) is 0 Å². The van der Waals surface area contributed by atoms with E-state index in [-0.39, 0.29) is 5.92 Å². The zero-order valence-corrected chi connectivity index (χ0v) is 10.6. The van der Waals surface area contributed by atoms with Crippen LogP contribution in [0.1, 0.15) is 25.5 Å². The Hall–Kier alpha value is -1.89. The van der Waals surface area contributed by atoms with Gasteiger partial charge in [0.15, 0.2) is 6.04 Å². The number of carboxylic acid groups (broad SMARTS) is 1. The fourth-order valence-corrected chi connectivity index (χ4v) is 1.42. The number of hydrogen-bond donors (Lipinski definition) is 3. The summed E-state index contributed by atoms with van der Waals surface area (Å²) in [5.74, 6) is -1.69. The lowest BCUT2D eigenvalue weighted by Gasteiger charge is -2.19. The van der Waals surface area contributed by atoms with Crippen molar-refractivity contribution in [2.24, 2.45) is 18.7 Å². The lowest BCUT2D eigenvalue weighted by atomic mass is 10.0. The number of rotatable bonds is 5. The average molecular weight is 254 g/mol. The highest BCUT2D eigenvalue weighted by molar-refractivity contribution is 5.87. The number of carbonyl (C=O) groups is 2. The summed E-state index contributed by atoms with van der Waals surface area (Å²) in [5.41, 5.74) is 6.08. The minimum Gasteiger partial charge on any atom is -0.479 e. The Balaban J connectivity index is 2.82. The molecule has 1 aromatic rings. The van der Waals surface area contributed by atoms with Crippen molar-refractivity contribution < 1.29 is 14.7 Å². The van der Waals surface area contributed by atoms with Gasteiger partial charge in [-0.25, -0.2) is 4.79 Å². The van der Waals surface area contributed by atoms with Gasteiger partial charge in [0, 0.05) is 18.8 Å². The summed E-state index contributed by atoms with van der Waals surface area (Å²) in [6.07, 6.45) is 2.94. The number of aryl methyl sites for hydroxylation is 1. The van der Waals surface area contributed by atoms with Gasteiger partial charge in [-0.15, -0.1) is 0 Å². The van der Waals surface area contributed by atoms with Crippen molar-refractivity contribution in [2.75, 3.05) is 0 Å². The molecule has 2 atom stereocenters. The highest BCUT2D eigenvalue weighted by Crippen LogP contribution is 2.12. The molecule has 0 aliphatic heterocycles. The van der Waals surface area contributed by atoms with Crippen LogP contribution in [0.25, 0.3) is 0 Å². The summed E-state index contributed by atoms with van der Waals surface area (Å²) in [5, 5.41) is 15.4. The van der Waals surface area contributed by atoms with Crippen molar-refractivity contribution in [3.63, 3.8) is 0 Å². The average Bonchev–Trinajstić information content (AvgIpc) is 2.70. The first-order valence-corrected chi connectivity index (χ1v) is 5.60. The van der Waals surface area contributed by atoms with E-state index in [2.05, 4.69) is 10.4 Å². The van der Waals surface area contributed by atoms with Gasteiger partial charge >= 0.3 is 5.97 Å². The van der Waals surface area contributed by atoms with E-state index in [0.29, 0.717) is 5.56 Å². The largest absolute Gasteiger partial charge is 0.479 e. The second kappa shape index (κ2) is 5.63. The molecule has 1 heterocycles. The van der Waals surface area contributed by atoms with E-state index in [0.717, 1.165) is 0 Å². The van der Waals surface area contributed by atoms with Crippen molar-refractivity contribution in [2.45, 2.75) is 25.9 Å². The number of nitrogens with zero attached hydrogens (tertiary/aromatic N) is 2. The lowest BCUT2D eigenvalue weighted by Crippen LogP contribution is -2.46. The molecule has 7 nitrogen and oxygen atoms in total. The van der Waals surface area contributed by atoms with Gasteiger partial charge < -0.3 is 16.2 Å². The van der Waals surface area contributed by atoms with Crippen molar-refractivity contribution in [3.8, 4) is 0 Å². The van der Waals surface area contributed by atoms with Gasteiger partial charge in [0.2, 0.25) is 5.91 Å².